The first kappa shape index (κ1) is 17.3. The van der Waals surface area contributed by atoms with Crippen molar-refractivity contribution in [3.05, 3.63) is 78.1 Å². The fraction of sp³-hybridized carbons (Fsp3) is 0.0455. The number of nitrogens with zero attached hydrogens (tertiary/aromatic N) is 2. The van der Waals surface area contributed by atoms with Gasteiger partial charge in [0.05, 0.1) is 6.21 Å². The molecule has 0 atom stereocenters. The van der Waals surface area contributed by atoms with Crippen molar-refractivity contribution in [2.24, 2.45) is 5.10 Å². The molecule has 6 nitrogen and oxygen atoms in total. The van der Waals surface area contributed by atoms with E-state index < -0.39 is 5.91 Å². The first-order valence-corrected chi connectivity index (χ1v) is 8.60. The molecule has 136 valence electrons. The van der Waals surface area contributed by atoms with Crippen molar-refractivity contribution in [2.75, 3.05) is 6.61 Å². The molecule has 1 heterocycles. The molecule has 28 heavy (non-hydrogen) atoms. The summed E-state index contributed by atoms with van der Waals surface area (Å²) >= 11 is 0. The van der Waals surface area contributed by atoms with Gasteiger partial charge in [0.2, 0.25) is 0 Å². The van der Waals surface area contributed by atoms with Crippen molar-refractivity contribution >= 4 is 33.9 Å². The Kier molecular flexibility index (Phi) is 4.72. The number of nitrogens with one attached hydrogen (secondary N) is 1. The minimum atomic E-state index is -0.452. The highest BCUT2D eigenvalue weighted by molar-refractivity contribution is 6.08. The summed E-state index contributed by atoms with van der Waals surface area (Å²) in [6, 6.07) is 22.5. The smallest absolute Gasteiger partial charge is 0.307 e. The second kappa shape index (κ2) is 7.64. The van der Waals surface area contributed by atoms with Gasteiger partial charge < -0.3 is 9.15 Å². The maximum absolute atomic E-state index is 12.4. The van der Waals surface area contributed by atoms with Crippen LogP contribution in [0.1, 0.15) is 16.1 Å². The van der Waals surface area contributed by atoms with Crippen LogP contribution in [0.2, 0.25) is 0 Å². The number of hydrazone groups is 1. The fourth-order valence-corrected chi connectivity index (χ4v) is 2.95. The summed E-state index contributed by atoms with van der Waals surface area (Å²) in [6.45, 7) is -0.0653. The van der Waals surface area contributed by atoms with Crippen LogP contribution in [0.5, 0.6) is 5.75 Å². The number of fused-ring (bicyclic) bond motifs is 3. The Morgan fingerprint density at radius 3 is 2.82 bits per heavy atom. The molecule has 0 radical (unpaired) electrons. The van der Waals surface area contributed by atoms with Gasteiger partial charge in [-0.05, 0) is 35.0 Å². The summed E-state index contributed by atoms with van der Waals surface area (Å²) in [6.07, 6.45) is 1.46. The molecule has 0 aliphatic carbocycles. The molecule has 0 bridgehead atoms. The number of nitriles is 1. The Morgan fingerprint density at radius 2 is 1.93 bits per heavy atom. The Labute approximate surface area is 160 Å². The summed E-state index contributed by atoms with van der Waals surface area (Å²) < 4.78 is 11.0. The van der Waals surface area contributed by atoms with E-state index in [9.17, 15) is 4.79 Å². The van der Waals surface area contributed by atoms with Gasteiger partial charge in [-0.3, -0.25) is 4.79 Å². The van der Waals surface area contributed by atoms with E-state index in [4.69, 9.17) is 14.4 Å². The van der Waals surface area contributed by atoms with Gasteiger partial charge in [-0.15, -0.1) is 0 Å². The lowest BCUT2D eigenvalue weighted by molar-refractivity contribution is 0.0929. The first-order chi connectivity index (χ1) is 13.8. The monoisotopic (exact) mass is 369 g/mol. The number of ether oxygens (including phenoxy) is 1. The number of carbonyl (C=O) groups excluding carboxylic acids is 1. The van der Waals surface area contributed by atoms with Gasteiger partial charge in [-0.1, -0.05) is 42.5 Å². The van der Waals surface area contributed by atoms with Gasteiger partial charge in [0.15, 0.2) is 12.4 Å². The Morgan fingerprint density at radius 1 is 1.11 bits per heavy atom. The van der Waals surface area contributed by atoms with Crippen LogP contribution in [0, 0.1) is 11.3 Å². The topological polar surface area (TPSA) is 87.6 Å². The zero-order valence-electron chi connectivity index (χ0n) is 14.8. The average Bonchev–Trinajstić information content (AvgIpc) is 3.18. The highest BCUT2D eigenvalue weighted by atomic mass is 16.5. The van der Waals surface area contributed by atoms with Crippen LogP contribution in [-0.2, 0) is 0 Å². The van der Waals surface area contributed by atoms with Crippen LogP contribution in [0.3, 0.4) is 0 Å². The molecule has 0 fully saturated rings. The van der Waals surface area contributed by atoms with Gasteiger partial charge >= 0.3 is 5.91 Å². The van der Waals surface area contributed by atoms with Gasteiger partial charge in [0.25, 0.3) is 0 Å². The lowest BCUT2D eigenvalue weighted by Crippen LogP contribution is -2.16. The fourth-order valence-electron chi connectivity index (χ4n) is 2.95. The number of hydrogen-bond donors (Lipinski definition) is 1. The maximum Gasteiger partial charge on any atom is 0.307 e. The maximum atomic E-state index is 12.4. The van der Waals surface area contributed by atoms with E-state index in [1.807, 2.05) is 48.5 Å². The van der Waals surface area contributed by atoms with Crippen molar-refractivity contribution in [2.45, 2.75) is 0 Å². The summed E-state index contributed by atoms with van der Waals surface area (Å²) in [5.74, 6) is 0.238. The largest absolute Gasteiger partial charge is 0.478 e. The van der Waals surface area contributed by atoms with Gasteiger partial charge in [0, 0.05) is 10.9 Å². The molecule has 6 heteroatoms. The van der Waals surface area contributed by atoms with E-state index >= 15 is 0 Å². The first-order valence-electron chi connectivity index (χ1n) is 8.60. The summed E-state index contributed by atoms with van der Waals surface area (Å²) in [4.78, 5) is 12.4. The lowest BCUT2D eigenvalue weighted by Gasteiger charge is -2.04. The van der Waals surface area contributed by atoms with Crippen molar-refractivity contribution in [1.82, 2.24) is 5.43 Å². The second-order valence-electron chi connectivity index (χ2n) is 5.99. The third-order valence-corrected chi connectivity index (χ3v) is 4.23. The van der Waals surface area contributed by atoms with Gasteiger partial charge in [-0.25, -0.2) is 5.43 Å². The molecule has 1 amide bonds. The van der Waals surface area contributed by atoms with E-state index in [1.165, 1.54) is 6.21 Å². The zero-order valence-corrected chi connectivity index (χ0v) is 14.8. The molecule has 0 saturated heterocycles. The van der Waals surface area contributed by atoms with E-state index in [1.54, 1.807) is 24.3 Å². The molecular weight excluding hydrogens is 354 g/mol. The normalized spacial score (nSPS) is 11.0. The minimum Gasteiger partial charge on any atom is -0.478 e. The predicted octanol–water partition coefficient (Wildman–Crippen LogP) is 4.25. The zero-order chi connectivity index (χ0) is 19.3. The van der Waals surface area contributed by atoms with Gasteiger partial charge in [0.1, 0.15) is 17.4 Å². The van der Waals surface area contributed by atoms with Crippen LogP contribution >= 0.6 is 0 Å². The van der Waals surface area contributed by atoms with E-state index in [2.05, 4.69) is 10.5 Å². The Hall–Kier alpha value is -4.11. The average molecular weight is 369 g/mol. The molecular formula is C22H15N3O3. The SMILES string of the molecule is N#CCOc1ccccc1/C=N\NC(=O)c1cc2c(ccc3ccccc32)o1. The summed E-state index contributed by atoms with van der Waals surface area (Å²) in [5.41, 5.74) is 3.74. The number of benzene rings is 3. The van der Waals surface area contributed by atoms with E-state index in [0.717, 1.165) is 16.2 Å². The van der Waals surface area contributed by atoms with Crippen molar-refractivity contribution in [3.8, 4) is 11.8 Å². The van der Waals surface area contributed by atoms with E-state index in [0.29, 0.717) is 16.9 Å². The molecule has 1 aromatic heterocycles. The molecule has 4 rings (SSSR count). The second-order valence-corrected chi connectivity index (χ2v) is 5.99. The third kappa shape index (κ3) is 3.41. The highest BCUT2D eigenvalue weighted by Gasteiger charge is 2.13. The summed E-state index contributed by atoms with van der Waals surface area (Å²) in [5, 5.41) is 15.6. The molecule has 0 saturated carbocycles. The molecule has 0 aliphatic heterocycles. The molecule has 0 aliphatic rings. The van der Waals surface area contributed by atoms with Crippen LogP contribution in [0.15, 0.2) is 76.2 Å². The Balaban J connectivity index is 1.54. The molecule has 0 spiro atoms. The highest BCUT2D eigenvalue weighted by Crippen LogP contribution is 2.28. The van der Waals surface area contributed by atoms with Crippen LogP contribution in [-0.4, -0.2) is 18.7 Å². The Bertz CT molecular complexity index is 1230. The molecule has 0 unspecified atom stereocenters. The number of rotatable bonds is 5. The lowest BCUT2D eigenvalue weighted by atomic mass is 10.1. The third-order valence-electron chi connectivity index (χ3n) is 4.23. The van der Waals surface area contributed by atoms with Crippen LogP contribution in [0.4, 0.5) is 0 Å². The number of carbonyl (C=O) groups is 1. The van der Waals surface area contributed by atoms with Crippen molar-refractivity contribution < 1.29 is 13.9 Å². The molecule has 1 N–H and O–H groups in total. The minimum absolute atomic E-state index is 0.0653. The van der Waals surface area contributed by atoms with Crippen LogP contribution in [0.25, 0.3) is 21.7 Å². The standard InChI is InChI=1S/C22H15N3O3/c23-11-12-27-19-8-4-2-6-16(19)14-24-25-22(26)21-13-18-17-7-3-1-5-15(17)9-10-20(18)28-21/h1-10,13-14H,12H2,(H,25,26)/b24-14-. The van der Waals surface area contributed by atoms with E-state index in [-0.39, 0.29) is 12.4 Å². The number of amides is 1. The number of hydrogen-bond acceptors (Lipinski definition) is 5. The van der Waals surface area contributed by atoms with Crippen molar-refractivity contribution in [1.29, 1.82) is 5.26 Å². The van der Waals surface area contributed by atoms with Crippen molar-refractivity contribution in [3.63, 3.8) is 0 Å². The quantitative estimate of drug-likeness (QED) is 0.421. The molecule has 3 aromatic carbocycles. The summed E-state index contributed by atoms with van der Waals surface area (Å²) in [7, 11) is 0. The molecule has 4 aromatic rings. The number of para-hydroxylation sites is 1. The predicted molar refractivity (Wildman–Crippen MR) is 106 cm³/mol. The van der Waals surface area contributed by atoms with Gasteiger partial charge in [-0.2, -0.15) is 10.4 Å². The number of furan rings is 1. The van der Waals surface area contributed by atoms with Crippen LogP contribution < -0.4 is 10.2 Å².